The van der Waals surface area contributed by atoms with E-state index in [2.05, 4.69) is 4.90 Å². The maximum atomic E-state index is 13.9. The van der Waals surface area contributed by atoms with Gasteiger partial charge in [0.05, 0.1) is 6.54 Å². The Bertz CT molecular complexity index is 685. The van der Waals surface area contributed by atoms with Gasteiger partial charge in [0.1, 0.15) is 5.82 Å². The number of nitrogens with zero attached hydrogens (tertiary/aromatic N) is 2. The number of rotatable bonds is 7. The van der Waals surface area contributed by atoms with Gasteiger partial charge in [-0.1, -0.05) is 36.4 Å². The molecule has 24 heavy (non-hydrogen) atoms. The average molecular weight is 326 g/mol. The molecule has 0 atom stereocenters. The largest absolute Gasteiger partial charge is 0.312 e. The molecule has 0 saturated heterocycles. The third-order valence-corrected chi connectivity index (χ3v) is 4.42. The van der Waals surface area contributed by atoms with Crippen molar-refractivity contribution in [3.8, 4) is 0 Å². The SMILES string of the molecule is CCN(C(=O)CN(Cc1ccccc1F)C1CC1)c1ccccc1. The Labute approximate surface area is 142 Å². The van der Waals surface area contributed by atoms with Gasteiger partial charge in [-0.15, -0.1) is 0 Å². The van der Waals surface area contributed by atoms with Crippen molar-refractivity contribution in [2.75, 3.05) is 18.0 Å². The molecule has 0 unspecified atom stereocenters. The highest BCUT2D eigenvalue weighted by molar-refractivity contribution is 5.94. The van der Waals surface area contributed by atoms with E-state index in [1.165, 1.54) is 6.07 Å². The van der Waals surface area contributed by atoms with Crippen LogP contribution in [0.3, 0.4) is 0 Å². The maximum absolute atomic E-state index is 13.9. The van der Waals surface area contributed by atoms with E-state index in [0.717, 1.165) is 18.5 Å². The first-order chi connectivity index (χ1) is 11.7. The quantitative estimate of drug-likeness (QED) is 0.772. The summed E-state index contributed by atoms with van der Waals surface area (Å²) in [5.41, 5.74) is 1.56. The van der Waals surface area contributed by atoms with Gasteiger partial charge in [0.2, 0.25) is 5.91 Å². The van der Waals surface area contributed by atoms with Gasteiger partial charge in [-0.3, -0.25) is 9.69 Å². The number of carbonyl (C=O) groups is 1. The van der Waals surface area contributed by atoms with E-state index in [1.54, 1.807) is 17.0 Å². The fourth-order valence-corrected chi connectivity index (χ4v) is 2.97. The summed E-state index contributed by atoms with van der Waals surface area (Å²) in [5, 5.41) is 0. The van der Waals surface area contributed by atoms with Crippen molar-refractivity contribution in [3.05, 3.63) is 66.0 Å². The Morgan fingerprint density at radius 3 is 2.38 bits per heavy atom. The lowest BCUT2D eigenvalue weighted by Crippen LogP contribution is -2.41. The molecule has 3 rings (SSSR count). The minimum absolute atomic E-state index is 0.0620. The topological polar surface area (TPSA) is 23.6 Å². The number of hydrogen-bond acceptors (Lipinski definition) is 2. The van der Waals surface area contributed by atoms with Crippen molar-refractivity contribution in [1.82, 2.24) is 4.90 Å². The number of carbonyl (C=O) groups excluding carboxylic acids is 1. The molecule has 4 heteroatoms. The second kappa shape index (κ2) is 7.58. The van der Waals surface area contributed by atoms with Crippen LogP contribution in [0.1, 0.15) is 25.3 Å². The van der Waals surface area contributed by atoms with Gasteiger partial charge < -0.3 is 4.90 Å². The van der Waals surface area contributed by atoms with Gasteiger partial charge in [-0.25, -0.2) is 4.39 Å². The fraction of sp³-hybridized carbons (Fsp3) is 0.350. The van der Waals surface area contributed by atoms with Crippen molar-refractivity contribution in [1.29, 1.82) is 0 Å². The lowest BCUT2D eigenvalue weighted by molar-refractivity contribution is -0.120. The van der Waals surface area contributed by atoms with Crippen LogP contribution >= 0.6 is 0 Å². The third kappa shape index (κ3) is 4.01. The highest BCUT2D eigenvalue weighted by atomic mass is 19.1. The van der Waals surface area contributed by atoms with Crippen molar-refractivity contribution in [2.45, 2.75) is 32.4 Å². The first-order valence-electron chi connectivity index (χ1n) is 8.52. The molecule has 0 spiro atoms. The zero-order valence-corrected chi connectivity index (χ0v) is 14.0. The molecule has 1 saturated carbocycles. The number of para-hydroxylation sites is 1. The van der Waals surface area contributed by atoms with Crippen molar-refractivity contribution in [2.24, 2.45) is 0 Å². The molecule has 0 radical (unpaired) electrons. The van der Waals surface area contributed by atoms with E-state index in [1.807, 2.05) is 43.3 Å². The summed E-state index contributed by atoms with van der Waals surface area (Å²) < 4.78 is 13.9. The van der Waals surface area contributed by atoms with Crippen LogP contribution in [0.15, 0.2) is 54.6 Å². The second-order valence-corrected chi connectivity index (χ2v) is 6.20. The summed E-state index contributed by atoms with van der Waals surface area (Å²) >= 11 is 0. The van der Waals surface area contributed by atoms with Gasteiger partial charge in [-0.2, -0.15) is 0 Å². The van der Waals surface area contributed by atoms with Gasteiger partial charge in [-0.05, 0) is 38.0 Å². The molecular weight excluding hydrogens is 303 g/mol. The first-order valence-corrected chi connectivity index (χ1v) is 8.52. The summed E-state index contributed by atoms with van der Waals surface area (Å²) in [6.45, 7) is 3.40. The van der Waals surface area contributed by atoms with Crippen LogP contribution < -0.4 is 4.90 Å². The van der Waals surface area contributed by atoms with Crippen LogP contribution in [0.25, 0.3) is 0 Å². The third-order valence-electron chi connectivity index (χ3n) is 4.42. The van der Waals surface area contributed by atoms with E-state index >= 15 is 0 Å². The van der Waals surface area contributed by atoms with Crippen LogP contribution in [0, 0.1) is 5.82 Å². The van der Waals surface area contributed by atoms with Gasteiger partial charge in [0.25, 0.3) is 0 Å². The normalized spacial score (nSPS) is 14.0. The van der Waals surface area contributed by atoms with Crippen LogP contribution in [0.2, 0.25) is 0 Å². The van der Waals surface area contributed by atoms with Crippen LogP contribution in [0.5, 0.6) is 0 Å². The number of anilines is 1. The van der Waals surface area contributed by atoms with Crippen molar-refractivity contribution in [3.63, 3.8) is 0 Å². The predicted octanol–water partition coefficient (Wildman–Crippen LogP) is 3.84. The summed E-state index contributed by atoms with van der Waals surface area (Å²) in [4.78, 5) is 16.7. The minimum Gasteiger partial charge on any atom is -0.312 e. The highest BCUT2D eigenvalue weighted by Crippen LogP contribution is 2.29. The minimum atomic E-state index is -0.203. The van der Waals surface area contributed by atoms with E-state index < -0.39 is 0 Å². The molecular formula is C20H23FN2O. The number of hydrogen-bond donors (Lipinski definition) is 0. The molecule has 1 aliphatic rings. The number of halogens is 1. The highest BCUT2D eigenvalue weighted by Gasteiger charge is 2.31. The molecule has 0 aromatic heterocycles. The molecule has 126 valence electrons. The van der Waals surface area contributed by atoms with E-state index in [4.69, 9.17) is 0 Å². The molecule has 0 aliphatic heterocycles. The zero-order chi connectivity index (χ0) is 16.9. The molecule has 2 aromatic carbocycles. The summed E-state index contributed by atoms with van der Waals surface area (Å²) in [5.74, 6) is -0.141. The summed E-state index contributed by atoms with van der Waals surface area (Å²) in [7, 11) is 0. The second-order valence-electron chi connectivity index (χ2n) is 6.20. The molecule has 0 bridgehead atoms. The van der Waals surface area contributed by atoms with Gasteiger partial charge in [0, 0.05) is 30.4 Å². The molecule has 1 aliphatic carbocycles. The molecule has 1 fully saturated rings. The summed E-state index contributed by atoms with van der Waals surface area (Å²) in [6.07, 6.45) is 2.17. The Hall–Kier alpha value is -2.20. The van der Waals surface area contributed by atoms with Gasteiger partial charge >= 0.3 is 0 Å². The van der Waals surface area contributed by atoms with E-state index in [9.17, 15) is 9.18 Å². The molecule has 2 aromatic rings. The van der Waals surface area contributed by atoms with Crippen molar-refractivity contribution < 1.29 is 9.18 Å². The average Bonchev–Trinajstić information content (AvgIpc) is 3.43. The van der Waals surface area contributed by atoms with E-state index in [0.29, 0.717) is 31.2 Å². The Morgan fingerprint density at radius 2 is 1.75 bits per heavy atom. The Kier molecular flexibility index (Phi) is 5.26. The fourth-order valence-electron chi connectivity index (χ4n) is 2.97. The monoisotopic (exact) mass is 326 g/mol. The Balaban J connectivity index is 1.71. The molecule has 0 heterocycles. The molecule has 3 nitrogen and oxygen atoms in total. The maximum Gasteiger partial charge on any atom is 0.241 e. The standard InChI is InChI=1S/C20H23FN2O/c1-2-23(18-9-4-3-5-10-18)20(24)15-22(17-12-13-17)14-16-8-6-7-11-19(16)21/h3-11,17H,2,12-15H2,1H3. The van der Waals surface area contributed by atoms with Gasteiger partial charge in [0.15, 0.2) is 0 Å². The number of benzene rings is 2. The molecule has 0 N–H and O–H groups in total. The predicted molar refractivity (Wildman–Crippen MR) is 94.3 cm³/mol. The first kappa shape index (κ1) is 16.7. The van der Waals surface area contributed by atoms with Crippen molar-refractivity contribution >= 4 is 11.6 Å². The number of likely N-dealkylation sites (N-methyl/N-ethyl adjacent to an activating group) is 1. The lowest BCUT2D eigenvalue weighted by Gasteiger charge is -2.27. The van der Waals surface area contributed by atoms with E-state index in [-0.39, 0.29) is 11.7 Å². The van der Waals surface area contributed by atoms with Crippen LogP contribution in [0.4, 0.5) is 10.1 Å². The zero-order valence-electron chi connectivity index (χ0n) is 14.0. The van der Waals surface area contributed by atoms with Crippen LogP contribution in [-0.4, -0.2) is 29.9 Å². The lowest BCUT2D eigenvalue weighted by atomic mass is 10.2. The van der Waals surface area contributed by atoms with Crippen LogP contribution in [-0.2, 0) is 11.3 Å². The number of amides is 1. The Morgan fingerprint density at radius 1 is 1.08 bits per heavy atom. The smallest absolute Gasteiger partial charge is 0.241 e. The molecule has 1 amide bonds. The summed E-state index contributed by atoms with van der Waals surface area (Å²) in [6, 6.07) is 16.9.